The van der Waals surface area contributed by atoms with Crippen molar-refractivity contribution in [1.82, 2.24) is 0 Å². The molecule has 1 rings (SSSR count). The molecule has 0 aliphatic heterocycles. The van der Waals surface area contributed by atoms with Gasteiger partial charge in [-0.05, 0) is 12.1 Å². The Balaban J connectivity index is 3.14. The molecule has 1 aromatic rings. The minimum Gasteiger partial charge on any atom is -0.354 e. The molecule has 0 saturated heterocycles. The molecule has 1 N–H and O–H groups in total. The van der Waals surface area contributed by atoms with Crippen molar-refractivity contribution in [2.75, 3.05) is 5.32 Å². The molecule has 0 saturated carbocycles. The van der Waals surface area contributed by atoms with Crippen LogP contribution in [0.3, 0.4) is 0 Å². The number of nitrogens with zero attached hydrogens (tertiary/aromatic N) is 3. The van der Waals surface area contributed by atoms with Crippen molar-refractivity contribution < 1.29 is 9.31 Å². The van der Waals surface area contributed by atoms with Gasteiger partial charge < -0.3 is 5.32 Å². The second kappa shape index (κ2) is 5.24. The first kappa shape index (κ1) is 12.1. The largest absolute Gasteiger partial charge is 0.354 e. The average molecular weight is 232 g/mol. The third-order valence-corrected chi connectivity index (χ3v) is 1.78. The van der Waals surface area contributed by atoms with E-state index in [0.29, 0.717) is 0 Å². The Bertz CT molecular complexity index is 553. The van der Waals surface area contributed by atoms with Crippen LogP contribution in [0.15, 0.2) is 30.0 Å². The molecule has 0 bridgehead atoms. The first-order chi connectivity index (χ1) is 8.10. The number of hydrogen-bond acceptors (Lipinski definition) is 5. The lowest BCUT2D eigenvalue weighted by Crippen LogP contribution is -1.99. The van der Waals surface area contributed by atoms with Crippen molar-refractivity contribution >= 4 is 11.4 Å². The first-order valence-corrected chi connectivity index (χ1v) is 4.30. The highest BCUT2D eigenvalue weighted by atomic mass is 19.1. The quantitative estimate of drug-likeness (QED) is 0.488. The van der Waals surface area contributed by atoms with Gasteiger partial charge >= 0.3 is 5.69 Å². The summed E-state index contributed by atoms with van der Waals surface area (Å²) in [7, 11) is 0. The van der Waals surface area contributed by atoms with Gasteiger partial charge in [0.05, 0.1) is 4.92 Å². The van der Waals surface area contributed by atoms with Crippen LogP contribution in [0.1, 0.15) is 0 Å². The Morgan fingerprint density at radius 1 is 1.47 bits per heavy atom. The number of nitro groups is 1. The fraction of sp³-hybridized carbons (Fsp3) is 0. The molecule has 0 heterocycles. The van der Waals surface area contributed by atoms with E-state index in [4.69, 9.17) is 10.5 Å². The van der Waals surface area contributed by atoms with Crippen molar-refractivity contribution in [2.24, 2.45) is 0 Å². The van der Waals surface area contributed by atoms with Gasteiger partial charge in [-0.25, -0.2) is 0 Å². The molecule has 0 aliphatic rings. The van der Waals surface area contributed by atoms with E-state index in [0.717, 1.165) is 12.3 Å². The zero-order valence-electron chi connectivity index (χ0n) is 8.35. The Kier molecular flexibility index (Phi) is 3.74. The smallest absolute Gasteiger partial charge is 0.327 e. The van der Waals surface area contributed by atoms with Crippen molar-refractivity contribution in [3.8, 4) is 12.1 Å². The number of anilines is 1. The molecule has 0 fully saturated rings. The molecular weight excluding hydrogens is 227 g/mol. The lowest BCUT2D eigenvalue weighted by Gasteiger charge is -2.02. The monoisotopic (exact) mass is 232 g/mol. The molecule has 0 aliphatic carbocycles. The molecule has 84 valence electrons. The molecule has 0 radical (unpaired) electrons. The van der Waals surface area contributed by atoms with E-state index in [9.17, 15) is 14.5 Å². The number of nitriles is 2. The first-order valence-electron chi connectivity index (χ1n) is 4.30. The summed E-state index contributed by atoms with van der Waals surface area (Å²) in [5, 5.41) is 29.8. The lowest BCUT2D eigenvalue weighted by molar-refractivity contribution is -0.386. The number of para-hydroxylation sites is 1. The highest BCUT2D eigenvalue weighted by Crippen LogP contribution is 2.27. The molecule has 0 amide bonds. The number of allylic oxidation sites excluding steroid dienone is 1. The van der Waals surface area contributed by atoms with Gasteiger partial charge in [-0.1, -0.05) is 6.07 Å². The molecule has 17 heavy (non-hydrogen) atoms. The normalized spacial score (nSPS) is 8.65. The summed E-state index contributed by atoms with van der Waals surface area (Å²) < 4.78 is 13.2. The molecule has 0 unspecified atom stereocenters. The van der Waals surface area contributed by atoms with E-state index >= 15 is 0 Å². The van der Waals surface area contributed by atoms with Gasteiger partial charge in [0.15, 0.2) is 0 Å². The summed E-state index contributed by atoms with van der Waals surface area (Å²) in [6.07, 6.45) is 0.974. The fourth-order valence-corrected chi connectivity index (χ4v) is 1.06. The maximum absolute atomic E-state index is 13.2. The molecule has 7 heteroatoms. The number of halogens is 1. The van der Waals surface area contributed by atoms with Crippen molar-refractivity contribution in [1.29, 1.82) is 10.5 Å². The maximum atomic E-state index is 13.2. The van der Waals surface area contributed by atoms with Crippen LogP contribution in [-0.2, 0) is 0 Å². The van der Waals surface area contributed by atoms with Crippen LogP contribution in [0.4, 0.5) is 15.8 Å². The highest BCUT2D eigenvalue weighted by Gasteiger charge is 2.18. The maximum Gasteiger partial charge on any atom is 0.327 e. The summed E-state index contributed by atoms with van der Waals surface area (Å²) in [6, 6.07) is 6.61. The Labute approximate surface area is 95.4 Å². The number of hydrogen-bond donors (Lipinski definition) is 1. The number of benzene rings is 1. The van der Waals surface area contributed by atoms with E-state index in [2.05, 4.69) is 5.32 Å². The van der Waals surface area contributed by atoms with E-state index < -0.39 is 16.4 Å². The third-order valence-electron chi connectivity index (χ3n) is 1.78. The van der Waals surface area contributed by atoms with Crippen LogP contribution >= 0.6 is 0 Å². The molecule has 6 nitrogen and oxygen atoms in total. The van der Waals surface area contributed by atoms with Crippen molar-refractivity contribution in [3.05, 3.63) is 45.9 Å². The Hall–Kier alpha value is -2.93. The Morgan fingerprint density at radius 2 is 2.12 bits per heavy atom. The van der Waals surface area contributed by atoms with Crippen LogP contribution in [0.2, 0.25) is 0 Å². The van der Waals surface area contributed by atoms with Crippen LogP contribution in [0.5, 0.6) is 0 Å². The topological polar surface area (TPSA) is 103 Å². The van der Waals surface area contributed by atoms with Gasteiger partial charge in [0.2, 0.25) is 5.82 Å². The second-order valence-electron chi connectivity index (χ2n) is 2.82. The average Bonchev–Trinajstić information content (AvgIpc) is 2.29. The van der Waals surface area contributed by atoms with Crippen molar-refractivity contribution in [3.63, 3.8) is 0 Å². The summed E-state index contributed by atoms with van der Waals surface area (Å²) >= 11 is 0. The van der Waals surface area contributed by atoms with Gasteiger partial charge in [0, 0.05) is 6.20 Å². The van der Waals surface area contributed by atoms with Gasteiger partial charge in [-0.3, -0.25) is 10.1 Å². The van der Waals surface area contributed by atoms with Gasteiger partial charge in [-0.15, -0.1) is 0 Å². The predicted octanol–water partition coefficient (Wildman–Crippen LogP) is 2.08. The molecule has 1 aromatic carbocycles. The number of nitro benzene ring substituents is 1. The van der Waals surface area contributed by atoms with Crippen LogP contribution in [-0.4, -0.2) is 4.92 Å². The van der Waals surface area contributed by atoms with Crippen LogP contribution < -0.4 is 5.32 Å². The summed E-state index contributed by atoms with van der Waals surface area (Å²) in [5.41, 5.74) is -1.14. The van der Waals surface area contributed by atoms with E-state index in [-0.39, 0.29) is 11.3 Å². The molecule has 0 atom stereocenters. The van der Waals surface area contributed by atoms with Crippen LogP contribution in [0, 0.1) is 38.6 Å². The minimum atomic E-state index is -0.996. The standard InChI is InChI=1S/C10H5FN4O2/c11-8-2-1-3-9(10(8)15(16)17)14-6-7(4-12)5-13/h1-3,6,14H. The minimum absolute atomic E-state index is 0.127. The Morgan fingerprint density at radius 3 is 2.65 bits per heavy atom. The number of nitrogens with one attached hydrogen (secondary N) is 1. The highest BCUT2D eigenvalue weighted by molar-refractivity contribution is 5.64. The second-order valence-corrected chi connectivity index (χ2v) is 2.82. The molecule has 0 aromatic heterocycles. The zero-order valence-corrected chi connectivity index (χ0v) is 8.35. The molecular formula is C10H5FN4O2. The summed E-state index contributed by atoms with van der Waals surface area (Å²) in [4.78, 5) is 9.72. The SMILES string of the molecule is N#CC(C#N)=CNc1cccc(F)c1[N+](=O)[O-]. The summed E-state index contributed by atoms with van der Waals surface area (Å²) in [5.74, 6) is -0.996. The zero-order chi connectivity index (χ0) is 12.8. The predicted molar refractivity (Wildman–Crippen MR) is 56.0 cm³/mol. The van der Waals surface area contributed by atoms with Gasteiger partial charge in [0.25, 0.3) is 0 Å². The van der Waals surface area contributed by atoms with E-state index in [1.807, 2.05) is 0 Å². The lowest BCUT2D eigenvalue weighted by atomic mass is 10.2. The van der Waals surface area contributed by atoms with E-state index in [1.165, 1.54) is 12.1 Å². The van der Waals surface area contributed by atoms with Gasteiger partial charge in [-0.2, -0.15) is 14.9 Å². The fourth-order valence-electron chi connectivity index (χ4n) is 1.06. The van der Waals surface area contributed by atoms with Crippen LogP contribution in [0.25, 0.3) is 0 Å². The third kappa shape index (κ3) is 2.76. The van der Waals surface area contributed by atoms with E-state index in [1.54, 1.807) is 12.1 Å². The van der Waals surface area contributed by atoms with Gasteiger partial charge in [0.1, 0.15) is 23.4 Å². The number of rotatable bonds is 3. The van der Waals surface area contributed by atoms with Crippen molar-refractivity contribution in [2.45, 2.75) is 0 Å². The summed E-state index contributed by atoms with van der Waals surface area (Å²) in [6.45, 7) is 0. The molecule has 0 spiro atoms.